The third-order valence-electron chi connectivity index (χ3n) is 4.30. The van der Waals surface area contributed by atoms with Crippen LogP contribution in [-0.4, -0.2) is 11.8 Å². The lowest BCUT2D eigenvalue weighted by molar-refractivity contribution is -0.115. The molecule has 0 aliphatic heterocycles. The lowest BCUT2D eigenvalue weighted by Gasteiger charge is -2.08. The highest BCUT2D eigenvalue weighted by atomic mass is 32.1. The van der Waals surface area contributed by atoms with E-state index in [9.17, 15) is 9.59 Å². The first-order chi connectivity index (χ1) is 12.0. The molecule has 3 aromatic rings. The highest BCUT2D eigenvalue weighted by Crippen LogP contribution is 2.33. The molecule has 0 unspecified atom stereocenters. The zero-order valence-electron chi connectivity index (χ0n) is 14.3. The van der Waals surface area contributed by atoms with Gasteiger partial charge in [-0.1, -0.05) is 49.4 Å². The molecule has 2 aromatic carbocycles. The number of fused-ring (bicyclic) bond motifs is 1. The maximum Gasteiger partial charge on any atom is 0.251 e. The number of nitrogens with two attached hydrogens (primary N) is 1. The van der Waals surface area contributed by atoms with Crippen LogP contribution in [0.1, 0.15) is 33.3 Å². The number of hydrogen-bond acceptors (Lipinski definition) is 3. The first-order valence-corrected chi connectivity index (χ1v) is 9.01. The smallest absolute Gasteiger partial charge is 0.251 e. The molecule has 0 spiro atoms. The van der Waals surface area contributed by atoms with E-state index in [4.69, 9.17) is 5.73 Å². The van der Waals surface area contributed by atoms with Crippen molar-refractivity contribution < 1.29 is 9.59 Å². The van der Waals surface area contributed by atoms with Gasteiger partial charge in [-0.15, -0.1) is 11.3 Å². The van der Waals surface area contributed by atoms with E-state index in [1.165, 1.54) is 11.3 Å². The number of hydrogen-bond donors (Lipinski definition) is 2. The fourth-order valence-corrected chi connectivity index (χ4v) is 4.24. The Kier molecular flexibility index (Phi) is 4.86. The van der Waals surface area contributed by atoms with Crippen LogP contribution in [0.2, 0.25) is 0 Å². The number of primary amides is 1. The molecule has 0 aliphatic carbocycles. The van der Waals surface area contributed by atoms with E-state index in [1.807, 2.05) is 56.3 Å². The molecule has 1 heterocycles. The molecule has 3 rings (SSSR count). The lowest BCUT2D eigenvalue weighted by atomic mass is 10.0. The van der Waals surface area contributed by atoms with Crippen molar-refractivity contribution in [2.24, 2.45) is 5.73 Å². The fraction of sp³-hybridized carbons (Fsp3) is 0.200. The van der Waals surface area contributed by atoms with Crippen LogP contribution in [0.25, 0.3) is 10.8 Å². The van der Waals surface area contributed by atoms with Gasteiger partial charge < -0.3 is 11.1 Å². The normalized spacial score (nSPS) is 10.8. The molecule has 128 valence electrons. The third-order valence-corrected chi connectivity index (χ3v) is 5.65. The topological polar surface area (TPSA) is 72.2 Å². The first-order valence-electron chi connectivity index (χ1n) is 8.19. The monoisotopic (exact) mass is 352 g/mol. The quantitative estimate of drug-likeness (QED) is 0.727. The van der Waals surface area contributed by atoms with E-state index in [1.54, 1.807) is 0 Å². The van der Waals surface area contributed by atoms with Crippen molar-refractivity contribution in [2.75, 3.05) is 5.32 Å². The van der Waals surface area contributed by atoms with Gasteiger partial charge in [-0.2, -0.15) is 0 Å². The number of thiophene rings is 1. The molecule has 1 aromatic heterocycles. The molecule has 0 fully saturated rings. The average molecular weight is 352 g/mol. The van der Waals surface area contributed by atoms with E-state index in [0.717, 1.165) is 33.2 Å². The number of carbonyl (C=O) groups is 2. The average Bonchev–Trinajstić information content (AvgIpc) is 2.90. The van der Waals surface area contributed by atoms with E-state index < -0.39 is 5.91 Å². The minimum atomic E-state index is -0.506. The van der Waals surface area contributed by atoms with Crippen LogP contribution in [0.15, 0.2) is 42.5 Å². The van der Waals surface area contributed by atoms with Gasteiger partial charge in [0.2, 0.25) is 5.91 Å². The second-order valence-corrected chi connectivity index (χ2v) is 7.04. The van der Waals surface area contributed by atoms with Crippen molar-refractivity contribution in [3.8, 4) is 0 Å². The zero-order valence-corrected chi connectivity index (χ0v) is 15.1. The summed E-state index contributed by atoms with van der Waals surface area (Å²) < 4.78 is 0. The molecule has 3 N–H and O–H groups in total. The van der Waals surface area contributed by atoms with Crippen LogP contribution >= 0.6 is 11.3 Å². The summed E-state index contributed by atoms with van der Waals surface area (Å²) in [4.78, 5) is 25.4. The summed E-state index contributed by atoms with van der Waals surface area (Å²) in [6, 6.07) is 13.9. The summed E-state index contributed by atoms with van der Waals surface area (Å²) in [5, 5.41) is 5.59. The van der Waals surface area contributed by atoms with Gasteiger partial charge >= 0.3 is 0 Å². The number of anilines is 1. The van der Waals surface area contributed by atoms with Crippen LogP contribution in [-0.2, 0) is 17.6 Å². The Morgan fingerprint density at radius 3 is 2.56 bits per heavy atom. The molecule has 2 amide bonds. The van der Waals surface area contributed by atoms with Gasteiger partial charge in [0.1, 0.15) is 5.00 Å². The maximum absolute atomic E-state index is 12.6. The van der Waals surface area contributed by atoms with Gasteiger partial charge in [0.05, 0.1) is 12.0 Å². The molecule has 0 atom stereocenters. The molecule has 25 heavy (non-hydrogen) atoms. The Labute approximate surface area is 150 Å². The molecular weight excluding hydrogens is 332 g/mol. The van der Waals surface area contributed by atoms with E-state index in [0.29, 0.717) is 10.6 Å². The summed E-state index contributed by atoms with van der Waals surface area (Å²) in [6.07, 6.45) is 1.05. The van der Waals surface area contributed by atoms with Crippen molar-refractivity contribution >= 4 is 38.9 Å². The number of rotatable bonds is 5. The zero-order chi connectivity index (χ0) is 18.0. The predicted octanol–water partition coefficient (Wildman–Crippen LogP) is 4.05. The Morgan fingerprint density at radius 2 is 1.84 bits per heavy atom. The molecule has 0 saturated carbocycles. The highest BCUT2D eigenvalue weighted by molar-refractivity contribution is 7.17. The summed E-state index contributed by atoms with van der Waals surface area (Å²) in [7, 11) is 0. The van der Waals surface area contributed by atoms with Crippen molar-refractivity contribution in [1.29, 1.82) is 0 Å². The summed E-state index contributed by atoms with van der Waals surface area (Å²) in [5.41, 5.74) is 7.75. The molecule has 0 aliphatic rings. The Balaban J connectivity index is 1.87. The fourth-order valence-electron chi connectivity index (χ4n) is 3.07. The van der Waals surface area contributed by atoms with E-state index >= 15 is 0 Å². The Hall–Kier alpha value is -2.66. The van der Waals surface area contributed by atoms with Crippen LogP contribution in [0, 0.1) is 6.92 Å². The van der Waals surface area contributed by atoms with Crippen molar-refractivity contribution in [2.45, 2.75) is 26.7 Å². The molecule has 0 saturated heterocycles. The van der Waals surface area contributed by atoms with Gasteiger partial charge in [-0.05, 0) is 35.2 Å². The van der Waals surface area contributed by atoms with Gasteiger partial charge in [-0.3, -0.25) is 9.59 Å². The van der Waals surface area contributed by atoms with Crippen molar-refractivity contribution in [3.05, 3.63) is 64.0 Å². The van der Waals surface area contributed by atoms with Gasteiger partial charge in [-0.25, -0.2) is 0 Å². The Bertz CT molecular complexity index is 954. The molecule has 4 nitrogen and oxygen atoms in total. The Morgan fingerprint density at radius 1 is 1.12 bits per heavy atom. The first kappa shape index (κ1) is 17.2. The number of nitrogens with one attached hydrogen (secondary N) is 1. The van der Waals surface area contributed by atoms with E-state index in [2.05, 4.69) is 5.32 Å². The maximum atomic E-state index is 12.6. The molecule has 0 bridgehead atoms. The highest BCUT2D eigenvalue weighted by Gasteiger charge is 2.20. The largest absolute Gasteiger partial charge is 0.365 e. The second-order valence-electron chi connectivity index (χ2n) is 5.94. The van der Waals surface area contributed by atoms with Crippen LogP contribution in [0.5, 0.6) is 0 Å². The molecule has 0 radical (unpaired) electrons. The van der Waals surface area contributed by atoms with Crippen LogP contribution < -0.4 is 11.1 Å². The van der Waals surface area contributed by atoms with Crippen molar-refractivity contribution in [1.82, 2.24) is 0 Å². The number of carbonyl (C=O) groups excluding carboxylic acids is 2. The second kappa shape index (κ2) is 7.07. The van der Waals surface area contributed by atoms with Gasteiger partial charge in [0.25, 0.3) is 5.91 Å². The summed E-state index contributed by atoms with van der Waals surface area (Å²) in [6.45, 7) is 3.89. The summed E-state index contributed by atoms with van der Waals surface area (Å²) >= 11 is 1.42. The van der Waals surface area contributed by atoms with Gasteiger partial charge in [0, 0.05) is 4.88 Å². The minimum Gasteiger partial charge on any atom is -0.365 e. The SMILES string of the molecule is CCc1sc(NC(=O)Cc2cccc3ccccc23)c(C(N)=O)c1C. The van der Waals surface area contributed by atoms with E-state index in [-0.39, 0.29) is 12.3 Å². The van der Waals surface area contributed by atoms with Crippen molar-refractivity contribution in [3.63, 3.8) is 0 Å². The standard InChI is InChI=1S/C20H20N2O2S/c1-3-16-12(2)18(19(21)24)20(25-16)22-17(23)11-14-9-6-8-13-7-4-5-10-15(13)14/h4-10H,3,11H2,1-2H3,(H2,21,24)(H,22,23). The number of amides is 2. The molecular formula is C20H20N2O2S. The number of aryl methyl sites for hydroxylation is 1. The molecule has 5 heteroatoms. The lowest BCUT2D eigenvalue weighted by Crippen LogP contribution is -2.18. The third kappa shape index (κ3) is 3.42. The van der Waals surface area contributed by atoms with Crippen LogP contribution in [0.3, 0.4) is 0 Å². The minimum absolute atomic E-state index is 0.150. The number of benzene rings is 2. The van der Waals surface area contributed by atoms with Gasteiger partial charge in [0.15, 0.2) is 0 Å². The summed E-state index contributed by atoms with van der Waals surface area (Å²) in [5.74, 6) is -0.656. The van der Waals surface area contributed by atoms with Crippen LogP contribution in [0.4, 0.5) is 5.00 Å². The predicted molar refractivity (Wildman–Crippen MR) is 103 cm³/mol.